The van der Waals surface area contributed by atoms with Crippen LogP contribution in [-0.2, 0) is 0 Å². The summed E-state index contributed by atoms with van der Waals surface area (Å²) >= 11 is 0. The highest BCUT2D eigenvalue weighted by molar-refractivity contribution is 4.92. The highest BCUT2D eigenvalue weighted by Gasteiger charge is 2.36. The smallest absolute Gasteiger partial charge is 0.0207 e. The molecule has 0 amide bonds. The van der Waals surface area contributed by atoms with Crippen LogP contribution < -0.4 is 0 Å². The number of hydrogen-bond donors (Lipinski definition) is 0. The van der Waals surface area contributed by atoms with Crippen LogP contribution in [0.15, 0.2) is 0 Å². The molecule has 1 nitrogen and oxygen atoms in total. The second kappa shape index (κ2) is 8.19. The fourth-order valence-corrected chi connectivity index (χ4v) is 4.03. The van der Waals surface area contributed by atoms with E-state index in [2.05, 4.69) is 32.6 Å². The molecule has 108 valence electrons. The summed E-state index contributed by atoms with van der Waals surface area (Å²) in [5.74, 6) is 0. The van der Waals surface area contributed by atoms with Crippen LogP contribution in [0, 0.1) is 0 Å². The zero-order chi connectivity index (χ0) is 13.4. The molecule has 1 fully saturated rings. The first-order valence-electron chi connectivity index (χ1n) is 8.50. The highest BCUT2D eigenvalue weighted by Crippen LogP contribution is 2.35. The minimum Gasteiger partial charge on any atom is -0.295 e. The van der Waals surface area contributed by atoms with Crippen LogP contribution in [0.4, 0.5) is 0 Å². The van der Waals surface area contributed by atoms with Crippen molar-refractivity contribution in [2.75, 3.05) is 6.54 Å². The zero-order valence-corrected chi connectivity index (χ0v) is 13.3. The van der Waals surface area contributed by atoms with E-state index >= 15 is 0 Å². The second-order valence-corrected chi connectivity index (χ2v) is 6.11. The molecule has 0 bridgehead atoms. The standard InChI is InChI=1S/C17H35N/c1-5-9-15-17(6-2,7-3)18(8-4)16-13-11-10-12-14-16/h16H,5-15H2,1-4H3. The highest BCUT2D eigenvalue weighted by atomic mass is 15.2. The van der Waals surface area contributed by atoms with Crippen molar-refractivity contribution in [2.45, 2.75) is 103 Å². The van der Waals surface area contributed by atoms with Crippen molar-refractivity contribution >= 4 is 0 Å². The average molecular weight is 253 g/mol. The van der Waals surface area contributed by atoms with Gasteiger partial charge in [-0.05, 0) is 38.6 Å². The molecular formula is C17H35N. The third kappa shape index (κ3) is 3.73. The van der Waals surface area contributed by atoms with E-state index in [-0.39, 0.29) is 0 Å². The topological polar surface area (TPSA) is 3.24 Å². The summed E-state index contributed by atoms with van der Waals surface area (Å²) in [6.07, 6.45) is 14.1. The first-order valence-corrected chi connectivity index (χ1v) is 8.50. The molecule has 0 atom stereocenters. The molecular weight excluding hydrogens is 218 g/mol. The molecule has 1 saturated carbocycles. The van der Waals surface area contributed by atoms with Gasteiger partial charge in [0.2, 0.25) is 0 Å². The summed E-state index contributed by atoms with van der Waals surface area (Å²) in [6.45, 7) is 10.8. The van der Waals surface area contributed by atoms with Crippen LogP contribution in [0.5, 0.6) is 0 Å². The van der Waals surface area contributed by atoms with Gasteiger partial charge in [0.25, 0.3) is 0 Å². The number of nitrogens with zero attached hydrogens (tertiary/aromatic N) is 1. The normalized spacial score (nSPS) is 18.5. The number of unbranched alkanes of at least 4 members (excludes halogenated alkanes) is 1. The van der Waals surface area contributed by atoms with E-state index in [1.165, 1.54) is 70.8 Å². The average Bonchev–Trinajstić information content (AvgIpc) is 2.44. The summed E-state index contributed by atoms with van der Waals surface area (Å²) in [4.78, 5) is 2.89. The van der Waals surface area contributed by atoms with Crippen molar-refractivity contribution in [1.82, 2.24) is 4.90 Å². The summed E-state index contributed by atoms with van der Waals surface area (Å²) in [5.41, 5.74) is 0.493. The van der Waals surface area contributed by atoms with Crippen LogP contribution in [0.3, 0.4) is 0 Å². The minimum absolute atomic E-state index is 0.493. The van der Waals surface area contributed by atoms with E-state index in [0.29, 0.717) is 5.54 Å². The summed E-state index contributed by atoms with van der Waals surface area (Å²) < 4.78 is 0. The van der Waals surface area contributed by atoms with E-state index in [4.69, 9.17) is 0 Å². The van der Waals surface area contributed by atoms with Gasteiger partial charge >= 0.3 is 0 Å². The molecule has 1 heteroatoms. The Kier molecular flexibility index (Phi) is 7.29. The van der Waals surface area contributed by atoms with E-state index in [1.807, 2.05) is 0 Å². The lowest BCUT2D eigenvalue weighted by Crippen LogP contribution is -2.53. The molecule has 0 aromatic rings. The molecule has 1 rings (SSSR count). The fourth-order valence-electron chi connectivity index (χ4n) is 4.03. The van der Waals surface area contributed by atoms with Crippen molar-refractivity contribution in [3.8, 4) is 0 Å². The third-order valence-electron chi connectivity index (χ3n) is 5.28. The second-order valence-electron chi connectivity index (χ2n) is 6.11. The molecule has 0 aliphatic heterocycles. The van der Waals surface area contributed by atoms with Crippen molar-refractivity contribution in [3.05, 3.63) is 0 Å². The van der Waals surface area contributed by atoms with Crippen LogP contribution in [-0.4, -0.2) is 23.0 Å². The largest absolute Gasteiger partial charge is 0.295 e. The zero-order valence-electron chi connectivity index (χ0n) is 13.3. The summed E-state index contributed by atoms with van der Waals surface area (Å²) in [6, 6.07) is 0.875. The van der Waals surface area contributed by atoms with E-state index in [1.54, 1.807) is 0 Å². The molecule has 0 aromatic heterocycles. The molecule has 0 N–H and O–H groups in total. The van der Waals surface area contributed by atoms with Gasteiger partial charge < -0.3 is 0 Å². The van der Waals surface area contributed by atoms with Gasteiger partial charge in [-0.1, -0.05) is 59.8 Å². The first kappa shape index (κ1) is 16.0. The molecule has 0 heterocycles. The summed E-state index contributed by atoms with van der Waals surface area (Å²) in [5, 5.41) is 0. The van der Waals surface area contributed by atoms with Gasteiger partial charge in [-0.2, -0.15) is 0 Å². The van der Waals surface area contributed by atoms with E-state index in [0.717, 1.165) is 6.04 Å². The third-order valence-corrected chi connectivity index (χ3v) is 5.28. The van der Waals surface area contributed by atoms with Gasteiger partial charge in [0.15, 0.2) is 0 Å². The van der Waals surface area contributed by atoms with Crippen LogP contribution in [0.2, 0.25) is 0 Å². The van der Waals surface area contributed by atoms with Crippen LogP contribution in [0.25, 0.3) is 0 Å². The number of hydrogen-bond acceptors (Lipinski definition) is 1. The maximum atomic E-state index is 2.89. The Hall–Kier alpha value is -0.0400. The summed E-state index contributed by atoms with van der Waals surface area (Å²) in [7, 11) is 0. The Bertz CT molecular complexity index is 202. The maximum absolute atomic E-state index is 2.89. The van der Waals surface area contributed by atoms with Gasteiger partial charge in [-0.15, -0.1) is 0 Å². The van der Waals surface area contributed by atoms with Gasteiger partial charge in [0, 0.05) is 11.6 Å². The van der Waals surface area contributed by atoms with Crippen molar-refractivity contribution in [1.29, 1.82) is 0 Å². The molecule has 0 spiro atoms. The van der Waals surface area contributed by atoms with Gasteiger partial charge in [0.05, 0.1) is 0 Å². The molecule has 0 aromatic carbocycles. The molecule has 18 heavy (non-hydrogen) atoms. The first-order chi connectivity index (χ1) is 8.74. The van der Waals surface area contributed by atoms with Crippen LogP contribution in [0.1, 0.15) is 91.9 Å². The molecule has 1 aliphatic rings. The molecule has 0 saturated heterocycles. The van der Waals surface area contributed by atoms with E-state index < -0.39 is 0 Å². The minimum atomic E-state index is 0.493. The monoisotopic (exact) mass is 253 g/mol. The Morgan fingerprint density at radius 3 is 2.00 bits per heavy atom. The van der Waals surface area contributed by atoms with Gasteiger partial charge in [-0.3, -0.25) is 4.90 Å². The SMILES string of the molecule is CCCCC(CC)(CC)N(CC)C1CCCCC1. The molecule has 0 radical (unpaired) electrons. The van der Waals surface area contributed by atoms with Crippen molar-refractivity contribution in [2.24, 2.45) is 0 Å². The quantitative estimate of drug-likeness (QED) is 0.560. The Labute approximate surface area is 115 Å². The molecule has 1 aliphatic carbocycles. The molecule has 0 unspecified atom stereocenters. The van der Waals surface area contributed by atoms with Crippen molar-refractivity contribution < 1.29 is 0 Å². The lowest BCUT2D eigenvalue weighted by Gasteiger charge is -2.48. The number of rotatable bonds is 8. The van der Waals surface area contributed by atoms with E-state index in [9.17, 15) is 0 Å². The maximum Gasteiger partial charge on any atom is 0.0207 e. The van der Waals surface area contributed by atoms with Crippen molar-refractivity contribution in [3.63, 3.8) is 0 Å². The van der Waals surface area contributed by atoms with Crippen LogP contribution >= 0.6 is 0 Å². The predicted molar refractivity (Wildman–Crippen MR) is 82.1 cm³/mol. The Morgan fingerprint density at radius 2 is 1.56 bits per heavy atom. The van der Waals surface area contributed by atoms with Gasteiger partial charge in [-0.25, -0.2) is 0 Å². The lowest BCUT2D eigenvalue weighted by molar-refractivity contribution is 0.0153. The van der Waals surface area contributed by atoms with Gasteiger partial charge in [0.1, 0.15) is 0 Å². The lowest BCUT2D eigenvalue weighted by atomic mass is 9.81. The Balaban J connectivity index is 2.77. The fraction of sp³-hybridized carbons (Fsp3) is 1.00. The Morgan fingerprint density at radius 1 is 0.944 bits per heavy atom. The predicted octanol–water partition coefficient (Wildman–Crippen LogP) is 5.39.